The van der Waals surface area contributed by atoms with Gasteiger partial charge in [0.25, 0.3) is 0 Å². The first-order chi connectivity index (χ1) is 28.2. The van der Waals surface area contributed by atoms with Crippen LogP contribution in [0.5, 0.6) is 0 Å². The van der Waals surface area contributed by atoms with Crippen molar-refractivity contribution in [2.45, 2.75) is 13.1 Å². The minimum absolute atomic E-state index is 0.495. The average Bonchev–Trinajstić information content (AvgIpc) is 3.86. The number of rotatable bonds is 7. The maximum absolute atomic E-state index is 6.04. The molecule has 0 amide bonds. The molecule has 10 aromatic rings. The summed E-state index contributed by atoms with van der Waals surface area (Å²) in [4.78, 5) is 9.38. The number of nitrogens with two attached hydrogens (primary N) is 1. The van der Waals surface area contributed by atoms with Crippen LogP contribution in [0.2, 0.25) is 0 Å². The molecule has 0 spiro atoms. The lowest BCUT2D eigenvalue weighted by atomic mass is 9.92. The molecule has 0 atom stereocenters. The van der Waals surface area contributed by atoms with Gasteiger partial charge in [0.1, 0.15) is 11.2 Å². The van der Waals surface area contributed by atoms with Gasteiger partial charge in [0.05, 0.1) is 6.54 Å². The summed E-state index contributed by atoms with van der Waals surface area (Å²) in [6.07, 6.45) is 0. The molecule has 0 radical (unpaired) electrons. The van der Waals surface area contributed by atoms with E-state index in [2.05, 4.69) is 139 Å². The van der Waals surface area contributed by atoms with Gasteiger partial charge in [-0.05, 0) is 99.8 Å². The second-order valence-electron chi connectivity index (χ2n) is 13.9. The number of para-hydroxylation sites is 1. The number of thiophene rings is 1. The number of fused-ring (bicyclic) bond motifs is 6. The highest BCUT2D eigenvalue weighted by Gasteiger charge is 2.15. The molecule has 2 heterocycles. The quantitative estimate of drug-likeness (QED) is 0.130. The maximum Gasteiger partial charge on any atom is 0.154 e. The van der Waals surface area contributed by atoms with Gasteiger partial charge in [-0.15, -0.1) is 11.3 Å². The van der Waals surface area contributed by atoms with Crippen LogP contribution in [0.25, 0.3) is 75.5 Å². The van der Waals surface area contributed by atoms with Crippen molar-refractivity contribution in [2.75, 3.05) is 0 Å². The van der Waals surface area contributed by atoms with Crippen LogP contribution < -0.4 is 5.73 Å². The number of benzene rings is 8. The predicted octanol–water partition coefficient (Wildman–Crippen LogP) is 13.7. The van der Waals surface area contributed by atoms with Gasteiger partial charge in [-0.25, -0.2) is 4.99 Å². The summed E-state index contributed by atoms with van der Waals surface area (Å²) in [6.45, 7) is 5.02. The highest BCUT2D eigenvalue weighted by molar-refractivity contribution is 7.25. The van der Waals surface area contributed by atoms with Crippen LogP contribution in [-0.2, 0) is 13.1 Å². The third-order valence-electron chi connectivity index (χ3n) is 10.4. The molecule has 0 aliphatic heterocycles. The van der Waals surface area contributed by atoms with E-state index in [0.717, 1.165) is 27.5 Å². The summed E-state index contributed by atoms with van der Waals surface area (Å²) < 4.78 is 8.56. The third-order valence-corrected chi connectivity index (χ3v) is 11.5. The van der Waals surface area contributed by atoms with Gasteiger partial charge in [0.15, 0.2) is 5.84 Å². The van der Waals surface area contributed by atoms with E-state index in [4.69, 9.17) is 15.1 Å². The smallest absolute Gasteiger partial charge is 0.154 e. The van der Waals surface area contributed by atoms with Crippen molar-refractivity contribution in [3.05, 3.63) is 205 Å². The zero-order valence-corrected chi connectivity index (χ0v) is 32.1. The van der Waals surface area contributed by atoms with Crippen molar-refractivity contribution in [3.8, 4) is 33.4 Å². The molecule has 10 rings (SSSR count). The lowest BCUT2D eigenvalue weighted by Crippen LogP contribution is -1.98. The predicted molar refractivity (Wildman–Crippen MR) is 243 cm³/mol. The highest BCUT2D eigenvalue weighted by Crippen LogP contribution is 2.41. The van der Waals surface area contributed by atoms with Gasteiger partial charge in [-0.2, -0.15) is 0 Å². The van der Waals surface area contributed by atoms with Crippen LogP contribution in [0.1, 0.15) is 16.7 Å². The van der Waals surface area contributed by atoms with Crippen molar-refractivity contribution in [1.29, 1.82) is 0 Å². The lowest BCUT2D eigenvalue weighted by Gasteiger charge is -2.12. The Morgan fingerprint density at radius 3 is 1.96 bits per heavy atom. The second kappa shape index (κ2) is 16.0. The number of hydrogen-bond donors (Lipinski definition) is 1. The molecule has 0 aliphatic rings. The van der Waals surface area contributed by atoms with E-state index in [9.17, 15) is 0 Å². The molecule has 2 N–H and O–H groups in total. The summed E-state index contributed by atoms with van der Waals surface area (Å²) in [5, 5.41) is 4.63. The molecule has 0 aliphatic carbocycles. The molecule has 4 nitrogen and oxygen atoms in total. The van der Waals surface area contributed by atoms with Gasteiger partial charge < -0.3 is 10.2 Å². The summed E-state index contributed by atoms with van der Waals surface area (Å²) in [7, 11) is 0. The van der Waals surface area contributed by atoms with E-state index >= 15 is 0 Å². The molecule has 2 aromatic heterocycles. The van der Waals surface area contributed by atoms with Crippen molar-refractivity contribution in [3.63, 3.8) is 0 Å². The Labute approximate surface area is 335 Å². The average molecular weight is 754 g/mol. The molecule has 5 heteroatoms. The van der Waals surface area contributed by atoms with E-state index in [-0.39, 0.29) is 0 Å². The SMILES string of the molecule is C=NC(=NCc1cccc2sc3ccc(-c4ccccc4-c4cccc(-c5ccccc5)c4)cc3c12)c1ccc2oc3ccccc3c2c1.NCc1ccccc1. The molecular weight excluding hydrogens is 715 g/mol. The van der Waals surface area contributed by atoms with Gasteiger partial charge in [0, 0.05) is 43.1 Å². The van der Waals surface area contributed by atoms with E-state index in [1.165, 1.54) is 64.7 Å². The Kier molecular flexibility index (Phi) is 10.1. The van der Waals surface area contributed by atoms with Crippen LogP contribution in [0.4, 0.5) is 0 Å². The molecule has 0 saturated carbocycles. The molecule has 8 aromatic carbocycles. The second-order valence-corrected chi connectivity index (χ2v) is 15.0. The summed E-state index contributed by atoms with van der Waals surface area (Å²) in [5.41, 5.74) is 17.6. The van der Waals surface area contributed by atoms with Crippen molar-refractivity contribution in [2.24, 2.45) is 15.7 Å². The largest absolute Gasteiger partial charge is 0.456 e. The number of nitrogens with zero attached hydrogens (tertiary/aromatic N) is 2. The molecule has 57 heavy (non-hydrogen) atoms. The zero-order chi connectivity index (χ0) is 38.6. The summed E-state index contributed by atoms with van der Waals surface area (Å²) >= 11 is 1.83. The normalized spacial score (nSPS) is 11.6. The Morgan fingerprint density at radius 2 is 1.19 bits per heavy atom. The highest BCUT2D eigenvalue weighted by atomic mass is 32.1. The molecule has 0 saturated heterocycles. The van der Waals surface area contributed by atoms with Crippen LogP contribution in [-0.4, -0.2) is 12.6 Å². The first-order valence-corrected chi connectivity index (χ1v) is 19.8. The van der Waals surface area contributed by atoms with Gasteiger partial charge >= 0.3 is 0 Å². The third kappa shape index (κ3) is 7.30. The van der Waals surface area contributed by atoms with Crippen LogP contribution >= 0.6 is 11.3 Å². The summed E-state index contributed by atoms with van der Waals surface area (Å²) in [6, 6.07) is 65.7. The fourth-order valence-electron chi connectivity index (χ4n) is 7.55. The van der Waals surface area contributed by atoms with Crippen LogP contribution in [0, 0.1) is 0 Å². The maximum atomic E-state index is 6.04. The minimum atomic E-state index is 0.495. The van der Waals surface area contributed by atoms with E-state index in [1.807, 2.05) is 72.0 Å². The Bertz CT molecular complexity index is 3050. The van der Waals surface area contributed by atoms with Gasteiger partial charge in [-0.1, -0.05) is 140 Å². The Morgan fingerprint density at radius 1 is 0.526 bits per heavy atom. The molecule has 0 bridgehead atoms. The van der Waals surface area contributed by atoms with Gasteiger partial charge in [-0.3, -0.25) is 4.99 Å². The Balaban J connectivity index is 0.000000474. The topological polar surface area (TPSA) is 63.9 Å². The van der Waals surface area contributed by atoms with Crippen molar-refractivity contribution < 1.29 is 4.42 Å². The first kappa shape index (κ1) is 35.8. The van der Waals surface area contributed by atoms with E-state index < -0.39 is 0 Å². The summed E-state index contributed by atoms with van der Waals surface area (Å²) in [5.74, 6) is 0.621. The van der Waals surface area contributed by atoms with Gasteiger partial charge in [0.2, 0.25) is 0 Å². The standard InChI is InChI=1S/C45H30N2OS.C7H9N/c1-46-45(33-21-23-41-38(27-33)37-18-7-8-19-40(37)48-41)47-28-34-15-10-20-43-44(34)39-26-32(22-24-42(39)49-43)36-17-6-5-16-35(36)31-14-9-13-30(25-31)29-11-3-2-4-12-29;8-6-7-4-2-1-3-5-7/h2-27H,1,28H2;1-5H,6,8H2. The van der Waals surface area contributed by atoms with Crippen LogP contribution in [0.15, 0.2) is 202 Å². The number of aliphatic imine (C=N–C) groups is 2. The van der Waals surface area contributed by atoms with E-state index in [1.54, 1.807) is 0 Å². The van der Waals surface area contributed by atoms with Crippen molar-refractivity contribution in [1.82, 2.24) is 0 Å². The number of amidine groups is 1. The molecule has 0 fully saturated rings. The Hall–Kier alpha value is -6.92. The van der Waals surface area contributed by atoms with Crippen molar-refractivity contribution >= 4 is 66.0 Å². The molecule has 274 valence electrons. The first-order valence-electron chi connectivity index (χ1n) is 19.0. The minimum Gasteiger partial charge on any atom is -0.456 e. The number of hydrogen-bond acceptors (Lipinski definition) is 4. The fourth-order valence-corrected chi connectivity index (χ4v) is 8.69. The number of furan rings is 1. The molecule has 0 unspecified atom stereocenters. The van der Waals surface area contributed by atoms with E-state index in [0.29, 0.717) is 18.9 Å². The monoisotopic (exact) mass is 753 g/mol. The molecular formula is C52H39N3OS. The zero-order valence-electron chi connectivity index (χ0n) is 31.3. The van der Waals surface area contributed by atoms with Crippen LogP contribution in [0.3, 0.4) is 0 Å². The fraction of sp³-hybridized carbons (Fsp3) is 0.0385. The lowest BCUT2D eigenvalue weighted by molar-refractivity contribution is 0.669.